The first-order valence-corrected chi connectivity index (χ1v) is 6.21. The van der Waals surface area contributed by atoms with Gasteiger partial charge in [-0.15, -0.1) is 5.06 Å². The fourth-order valence-corrected chi connectivity index (χ4v) is 2.51. The number of piperazine rings is 1. The molecule has 1 saturated heterocycles. The van der Waals surface area contributed by atoms with Gasteiger partial charge in [0.2, 0.25) is 5.91 Å². The number of alkyl halides is 3. The van der Waals surface area contributed by atoms with Gasteiger partial charge in [0.25, 0.3) is 0 Å². The highest BCUT2D eigenvalue weighted by molar-refractivity contribution is 5.80. The molecule has 0 radical (unpaired) electrons. The number of hydrogen-bond acceptors (Lipinski definition) is 4. The van der Waals surface area contributed by atoms with Gasteiger partial charge >= 0.3 is 12.1 Å². The Bertz CT molecular complexity index is 367. The van der Waals surface area contributed by atoms with Crippen LogP contribution in [-0.4, -0.2) is 53.7 Å². The summed E-state index contributed by atoms with van der Waals surface area (Å²) in [5.41, 5.74) is 0. The van der Waals surface area contributed by atoms with E-state index in [4.69, 9.17) is 0 Å². The molecule has 2 fully saturated rings. The maximum atomic E-state index is 12.0. The van der Waals surface area contributed by atoms with Crippen LogP contribution in [0.2, 0.25) is 0 Å². The molecule has 0 spiro atoms. The molecule has 5 nitrogen and oxygen atoms in total. The lowest BCUT2D eigenvalue weighted by Gasteiger charge is -2.36. The molecule has 2 aliphatic rings. The van der Waals surface area contributed by atoms with Crippen LogP contribution in [0.3, 0.4) is 0 Å². The van der Waals surface area contributed by atoms with Gasteiger partial charge in [0.15, 0.2) is 0 Å². The zero-order chi connectivity index (χ0) is 14.0. The number of nitrogens with zero attached hydrogens (tertiary/aromatic N) is 2. The van der Waals surface area contributed by atoms with Crippen molar-refractivity contribution in [1.29, 1.82) is 0 Å². The zero-order valence-corrected chi connectivity index (χ0v) is 10.3. The number of halogens is 3. The second kappa shape index (κ2) is 5.36. The Balaban J connectivity index is 1.86. The molecule has 0 aromatic heterocycles. The first-order valence-electron chi connectivity index (χ1n) is 6.21. The molecule has 0 atom stereocenters. The maximum Gasteiger partial charge on any atom is 0.492 e. The summed E-state index contributed by atoms with van der Waals surface area (Å²) in [6.07, 6.45) is -1.02. The summed E-state index contributed by atoms with van der Waals surface area (Å²) in [5, 5.41) is 0.781. The minimum Gasteiger partial charge on any atom is -0.360 e. The van der Waals surface area contributed by atoms with Gasteiger partial charge in [-0.3, -0.25) is 4.79 Å². The quantitative estimate of drug-likeness (QED) is 0.760. The summed E-state index contributed by atoms with van der Waals surface area (Å²) in [6, 6.07) is 0.188. The Labute approximate surface area is 108 Å². The predicted molar refractivity (Wildman–Crippen MR) is 57.7 cm³/mol. The monoisotopic (exact) mass is 280 g/mol. The zero-order valence-electron chi connectivity index (χ0n) is 10.3. The van der Waals surface area contributed by atoms with Crippen molar-refractivity contribution in [3.05, 3.63) is 0 Å². The van der Waals surface area contributed by atoms with Crippen molar-refractivity contribution in [2.75, 3.05) is 19.6 Å². The minimum atomic E-state index is -5.04. The topological polar surface area (TPSA) is 49.9 Å². The number of hydroxylamine groups is 2. The van der Waals surface area contributed by atoms with Crippen LogP contribution in [-0.2, 0) is 14.4 Å². The van der Waals surface area contributed by atoms with Gasteiger partial charge < -0.3 is 9.74 Å². The molecule has 19 heavy (non-hydrogen) atoms. The smallest absolute Gasteiger partial charge is 0.360 e. The van der Waals surface area contributed by atoms with Crippen molar-refractivity contribution in [3.8, 4) is 0 Å². The molecule has 8 heteroatoms. The van der Waals surface area contributed by atoms with Crippen molar-refractivity contribution in [2.24, 2.45) is 0 Å². The lowest BCUT2D eigenvalue weighted by molar-refractivity contribution is -0.242. The molecule has 0 aromatic carbocycles. The fourth-order valence-electron chi connectivity index (χ4n) is 2.51. The molecule has 108 valence electrons. The fraction of sp³-hybridized carbons (Fsp3) is 0.818. The summed E-state index contributed by atoms with van der Waals surface area (Å²) < 4.78 is 36.1. The average Bonchev–Trinajstić information content (AvgIpc) is 2.81. The largest absolute Gasteiger partial charge is 0.492 e. The van der Waals surface area contributed by atoms with E-state index in [9.17, 15) is 22.8 Å². The standard InChI is InChI=1S/C11H15F3N2O3/c12-11(13,14)10(18)19-15-5-6-16(9(17)7-15)8-3-1-2-4-8/h8H,1-7H2. The average molecular weight is 280 g/mol. The maximum absolute atomic E-state index is 12.0. The van der Waals surface area contributed by atoms with Crippen LogP contribution >= 0.6 is 0 Å². The second-order valence-electron chi connectivity index (χ2n) is 4.77. The molecule has 0 bridgehead atoms. The van der Waals surface area contributed by atoms with E-state index in [0.29, 0.717) is 6.54 Å². The number of carbonyl (C=O) groups is 2. The summed E-state index contributed by atoms with van der Waals surface area (Å²) in [5.74, 6) is -2.57. The van der Waals surface area contributed by atoms with E-state index in [1.54, 1.807) is 4.90 Å². The molecule has 1 heterocycles. The lowest BCUT2D eigenvalue weighted by Crippen LogP contribution is -2.54. The Morgan fingerprint density at radius 1 is 1.21 bits per heavy atom. The highest BCUT2D eigenvalue weighted by Gasteiger charge is 2.43. The lowest BCUT2D eigenvalue weighted by atomic mass is 10.2. The first-order chi connectivity index (χ1) is 8.88. The van der Waals surface area contributed by atoms with E-state index in [1.165, 1.54) is 0 Å². The van der Waals surface area contributed by atoms with Crippen LogP contribution in [0.1, 0.15) is 25.7 Å². The molecule has 1 amide bonds. The van der Waals surface area contributed by atoms with Gasteiger partial charge in [-0.05, 0) is 12.8 Å². The molecular weight excluding hydrogens is 265 g/mol. The molecule has 2 rings (SSSR count). The van der Waals surface area contributed by atoms with E-state index in [2.05, 4.69) is 4.84 Å². The predicted octanol–water partition coefficient (Wildman–Crippen LogP) is 1.09. The van der Waals surface area contributed by atoms with E-state index < -0.39 is 12.1 Å². The number of amides is 1. The number of carbonyl (C=O) groups excluding carboxylic acids is 2. The third-order valence-corrected chi connectivity index (χ3v) is 3.43. The number of rotatable bonds is 2. The van der Waals surface area contributed by atoms with Gasteiger partial charge in [-0.25, -0.2) is 4.79 Å². The molecule has 1 aliphatic carbocycles. The van der Waals surface area contributed by atoms with Gasteiger partial charge in [0.1, 0.15) is 6.54 Å². The SMILES string of the molecule is O=C1CN(OC(=O)C(F)(F)F)CCN1C1CCCC1. The molecule has 0 aromatic rings. The summed E-state index contributed by atoms with van der Waals surface area (Å²) in [4.78, 5) is 28.3. The van der Waals surface area contributed by atoms with Crippen molar-refractivity contribution >= 4 is 11.9 Å². The van der Waals surface area contributed by atoms with Crippen molar-refractivity contribution < 1.29 is 27.6 Å². The van der Waals surface area contributed by atoms with Crippen molar-refractivity contribution in [1.82, 2.24) is 9.96 Å². The van der Waals surface area contributed by atoms with E-state index >= 15 is 0 Å². The summed E-state index contributed by atoms with van der Waals surface area (Å²) >= 11 is 0. The van der Waals surface area contributed by atoms with E-state index in [0.717, 1.165) is 30.7 Å². The Morgan fingerprint density at radius 2 is 1.84 bits per heavy atom. The van der Waals surface area contributed by atoms with Crippen LogP contribution in [0, 0.1) is 0 Å². The third-order valence-electron chi connectivity index (χ3n) is 3.43. The third kappa shape index (κ3) is 3.37. The van der Waals surface area contributed by atoms with Gasteiger partial charge in [0.05, 0.1) is 6.54 Å². The van der Waals surface area contributed by atoms with Crippen LogP contribution in [0.5, 0.6) is 0 Å². The Hall–Kier alpha value is -1.31. The van der Waals surface area contributed by atoms with E-state index in [1.807, 2.05) is 0 Å². The van der Waals surface area contributed by atoms with Crippen LogP contribution in [0.4, 0.5) is 13.2 Å². The van der Waals surface area contributed by atoms with Gasteiger partial charge in [0, 0.05) is 12.6 Å². The Kier molecular flexibility index (Phi) is 3.98. The van der Waals surface area contributed by atoms with Crippen LogP contribution < -0.4 is 0 Å². The normalized spacial score (nSPS) is 22.9. The van der Waals surface area contributed by atoms with Crippen molar-refractivity contribution in [3.63, 3.8) is 0 Å². The number of hydrogen-bond donors (Lipinski definition) is 0. The summed E-state index contributed by atoms with van der Waals surface area (Å²) in [6.45, 7) is 0.108. The molecule has 1 saturated carbocycles. The van der Waals surface area contributed by atoms with Crippen LogP contribution in [0.15, 0.2) is 0 Å². The first kappa shape index (κ1) is 14.1. The van der Waals surface area contributed by atoms with Gasteiger partial charge in [-0.2, -0.15) is 13.2 Å². The van der Waals surface area contributed by atoms with Gasteiger partial charge in [-0.1, -0.05) is 12.8 Å². The van der Waals surface area contributed by atoms with Crippen molar-refractivity contribution in [2.45, 2.75) is 37.9 Å². The highest BCUT2D eigenvalue weighted by atomic mass is 19.4. The Morgan fingerprint density at radius 3 is 2.37 bits per heavy atom. The molecule has 0 N–H and O–H groups in total. The molecular formula is C11H15F3N2O3. The summed E-state index contributed by atoms with van der Waals surface area (Å²) in [7, 11) is 0. The molecule has 0 unspecified atom stereocenters. The minimum absolute atomic E-state index is 0.115. The van der Waals surface area contributed by atoms with Crippen LogP contribution in [0.25, 0.3) is 0 Å². The highest BCUT2D eigenvalue weighted by Crippen LogP contribution is 2.25. The van der Waals surface area contributed by atoms with E-state index in [-0.39, 0.29) is 25.0 Å². The molecule has 1 aliphatic heterocycles. The second-order valence-corrected chi connectivity index (χ2v) is 4.77.